The Kier molecular flexibility index (Phi) is 8.37. The molecule has 0 spiro atoms. The van der Waals surface area contributed by atoms with Gasteiger partial charge in [0.15, 0.2) is 0 Å². The van der Waals surface area contributed by atoms with Crippen molar-refractivity contribution in [2.75, 3.05) is 6.54 Å². The van der Waals surface area contributed by atoms with Gasteiger partial charge in [-0.1, -0.05) is 27.7 Å². The molecule has 5 nitrogen and oxygen atoms in total. The average Bonchev–Trinajstić information content (AvgIpc) is 2.24. The Bertz CT molecular complexity index is 265. The number of hydrogen-bond acceptors (Lipinski definition) is 3. The van der Waals surface area contributed by atoms with E-state index in [4.69, 9.17) is 5.73 Å². The fraction of sp³-hybridized carbons (Fsp3) is 0.846. The zero-order valence-corrected chi connectivity index (χ0v) is 12.0. The molecule has 0 aliphatic rings. The lowest BCUT2D eigenvalue weighted by Crippen LogP contribution is -2.47. The Hall–Kier alpha value is -1.10. The van der Waals surface area contributed by atoms with Crippen molar-refractivity contribution in [1.82, 2.24) is 10.6 Å². The van der Waals surface area contributed by atoms with Crippen LogP contribution in [-0.2, 0) is 9.59 Å². The maximum absolute atomic E-state index is 11.6. The summed E-state index contributed by atoms with van der Waals surface area (Å²) in [5.41, 5.74) is 5.23. The predicted octanol–water partition coefficient (Wildman–Crippen LogP) is 0.781. The van der Waals surface area contributed by atoms with E-state index >= 15 is 0 Å². The third-order valence-electron chi connectivity index (χ3n) is 2.67. The van der Waals surface area contributed by atoms with Crippen LogP contribution in [0.2, 0.25) is 0 Å². The molecule has 5 heteroatoms. The summed E-state index contributed by atoms with van der Waals surface area (Å²) in [5, 5.41) is 5.97. The number of rotatable bonds is 9. The van der Waals surface area contributed by atoms with Crippen LogP contribution < -0.4 is 16.4 Å². The lowest BCUT2D eigenvalue weighted by Gasteiger charge is -2.18. The number of amides is 2. The number of nitrogens with two attached hydrogens (primary N) is 1. The van der Waals surface area contributed by atoms with Crippen LogP contribution in [0.4, 0.5) is 0 Å². The highest BCUT2D eigenvalue weighted by Gasteiger charge is 2.20. The summed E-state index contributed by atoms with van der Waals surface area (Å²) in [6.45, 7) is 8.82. The van der Waals surface area contributed by atoms with E-state index in [1.165, 1.54) is 0 Å². The molecule has 0 aromatic rings. The molecule has 1 unspecified atom stereocenters. The average molecular weight is 257 g/mol. The molecule has 106 valence electrons. The van der Waals surface area contributed by atoms with Crippen molar-refractivity contribution in [3.63, 3.8) is 0 Å². The van der Waals surface area contributed by atoms with Crippen LogP contribution in [0.1, 0.15) is 47.0 Å². The molecular formula is C13H27N3O2. The van der Waals surface area contributed by atoms with Gasteiger partial charge in [0.2, 0.25) is 11.8 Å². The number of hydrogen-bond donors (Lipinski definition) is 3. The second kappa shape index (κ2) is 8.91. The molecule has 1 atom stereocenters. The summed E-state index contributed by atoms with van der Waals surface area (Å²) in [4.78, 5) is 22.7. The van der Waals surface area contributed by atoms with E-state index in [0.717, 1.165) is 19.4 Å². The largest absolute Gasteiger partial charge is 0.368 e. The van der Waals surface area contributed by atoms with E-state index in [9.17, 15) is 9.59 Å². The molecule has 18 heavy (non-hydrogen) atoms. The summed E-state index contributed by atoms with van der Waals surface area (Å²) in [6, 6.07) is -0.0923. The summed E-state index contributed by atoms with van der Waals surface area (Å²) in [6.07, 6.45) is 2.21. The molecule has 2 amide bonds. The fourth-order valence-electron chi connectivity index (χ4n) is 1.61. The second-order valence-corrected chi connectivity index (χ2v) is 5.26. The highest BCUT2D eigenvalue weighted by Crippen LogP contribution is 2.02. The van der Waals surface area contributed by atoms with Crippen LogP contribution in [-0.4, -0.2) is 30.4 Å². The van der Waals surface area contributed by atoms with Crippen molar-refractivity contribution in [3.05, 3.63) is 0 Å². The molecule has 4 N–H and O–H groups in total. The van der Waals surface area contributed by atoms with Gasteiger partial charge in [-0.15, -0.1) is 0 Å². The second-order valence-electron chi connectivity index (χ2n) is 5.26. The van der Waals surface area contributed by atoms with Crippen molar-refractivity contribution in [3.8, 4) is 0 Å². The topological polar surface area (TPSA) is 84.2 Å². The smallest absolute Gasteiger partial charge is 0.240 e. The number of primary amides is 1. The van der Waals surface area contributed by atoms with Gasteiger partial charge in [0.25, 0.3) is 0 Å². The van der Waals surface area contributed by atoms with E-state index in [2.05, 4.69) is 24.5 Å². The van der Waals surface area contributed by atoms with Crippen molar-refractivity contribution in [2.24, 2.45) is 11.7 Å². The number of carbonyl (C=O) groups is 2. The molecule has 0 aromatic carbocycles. The highest BCUT2D eigenvalue weighted by atomic mass is 16.2. The quantitative estimate of drug-likeness (QED) is 0.534. The Balaban J connectivity index is 3.79. The molecule has 0 bridgehead atoms. The first-order chi connectivity index (χ1) is 8.34. The minimum absolute atomic E-state index is 0.0223. The van der Waals surface area contributed by atoms with Gasteiger partial charge in [-0.2, -0.15) is 0 Å². The first-order valence-corrected chi connectivity index (χ1v) is 6.66. The summed E-state index contributed by atoms with van der Waals surface area (Å²) in [5.74, 6) is -0.550. The van der Waals surface area contributed by atoms with Gasteiger partial charge in [-0.05, 0) is 25.3 Å². The molecular weight excluding hydrogens is 230 g/mol. The molecule has 0 aliphatic carbocycles. The van der Waals surface area contributed by atoms with Crippen molar-refractivity contribution < 1.29 is 9.59 Å². The van der Waals surface area contributed by atoms with Crippen molar-refractivity contribution in [2.45, 2.75) is 59.0 Å². The van der Waals surface area contributed by atoms with Crippen LogP contribution in [0, 0.1) is 5.92 Å². The lowest BCUT2D eigenvalue weighted by molar-refractivity contribution is -0.128. The Labute approximate surface area is 110 Å². The summed E-state index contributed by atoms with van der Waals surface area (Å²) >= 11 is 0. The van der Waals surface area contributed by atoms with E-state index < -0.39 is 11.9 Å². The van der Waals surface area contributed by atoms with Crippen LogP contribution in [0.3, 0.4) is 0 Å². The van der Waals surface area contributed by atoms with Gasteiger partial charge in [-0.3, -0.25) is 9.59 Å². The maximum Gasteiger partial charge on any atom is 0.240 e. The first-order valence-electron chi connectivity index (χ1n) is 6.66. The van der Waals surface area contributed by atoms with Crippen molar-refractivity contribution in [1.29, 1.82) is 0 Å². The van der Waals surface area contributed by atoms with Gasteiger partial charge in [-0.25, -0.2) is 0 Å². The first kappa shape index (κ1) is 16.9. The third-order valence-corrected chi connectivity index (χ3v) is 2.67. The van der Waals surface area contributed by atoms with E-state index in [-0.39, 0.29) is 11.8 Å². The zero-order chi connectivity index (χ0) is 14.1. The number of unbranched alkanes of at least 4 members (excludes halogenated alkanes) is 1. The molecule has 0 fully saturated rings. The number of carbonyl (C=O) groups excluding carboxylic acids is 2. The molecule has 0 aliphatic heterocycles. The minimum Gasteiger partial charge on any atom is -0.368 e. The molecule has 0 rings (SSSR count). The van der Waals surface area contributed by atoms with Gasteiger partial charge in [0.05, 0.1) is 0 Å². The Morgan fingerprint density at radius 3 is 2.17 bits per heavy atom. The monoisotopic (exact) mass is 257 g/mol. The lowest BCUT2D eigenvalue weighted by atomic mass is 10.0. The van der Waals surface area contributed by atoms with Crippen LogP contribution in [0.25, 0.3) is 0 Å². The van der Waals surface area contributed by atoms with Crippen molar-refractivity contribution >= 4 is 11.8 Å². The predicted molar refractivity (Wildman–Crippen MR) is 73.0 cm³/mol. The van der Waals surface area contributed by atoms with Gasteiger partial charge >= 0.3 is 0 Å². The third kappa shape index (κ3) is 8.06. The Morgan fingerprint density at radius 1 is 1.11 bits per heavy atom. The molecule has 0 aromatic heterocycles. The standard InChI is InChI=1S/C13H27N3O2/c1-9(2)12(13(14)18)16-11(17)7-5-6-8-15-10(3)4/h9-10,12,15H,5-8H2,1-4H3,(H2,14,18)(H,16,17). The number of nitrogens with one attached hydrogen (secondary N) is 2. The molecule has 0 radical (unpaired) electrons. The van der Waals surface area contributed by atoms with E-state index in [0.29, 0.717) is 12.5 Å². The van der Waals surface area contributed by atoms with E-state index in [1.807, 2.05) is 13.8 Å². The summed E-state index contributed by atoms with van der Waals surface area (Å²) in [7, 11) is 0. The fourth-order valence-corrected chi connectivity index (χ4v) is 1.61. The molecule has 0 saturated carbocycles. The Morgan fingerprint density at radius 2 is 1.72 bits per heavy atom. The zero-order valence-electron chi connectivity index (χ0n) is 12.0. The molecule has 0 heterocycles. The SMILES string of the molecule is CC(C)NCCCCC(=O)NC(C(N)=O)C(C)C. The van der Waals surface area contributed by atoms with Gasteiger partial charge in [0.1, 0.15) is 6.04 Å². The van der Waals surface area contributed by atoms with Gasteiger partial charge < -0.3 is 16.4 Å². The van der Waals surface area contributed by atoms with Crippen LogP contribution in [0.15, 0.2) is 0 Å². The van der Waals surface area contributed by atoms with Crippen LogP contribution >= 0.6 is 0 Å². The molecule has 0 saturated heterocycles. The highest BCUT2D eigenvalue weighted by molar-refractivity contribution is 5.86. The normalized spacial score (nSPS) is 12.8. The maximum atomic E-state index is 11.6. The van der Waals surface area contributed by atoms with Crippen LogP contribution in [0.5, 0.6) is 0 Å². The van der Waals surface area contributed by atoms with Gasteiger partial charge in [0, 0.05) is 12.5 Å². The summed E-state index contributed by atoms with van der Waals surface area (Å²) < 4.78 is 0. The van der Waals surface area contributed by atoms with E-state index in [1.54, 1.807) is 0 Å². The minimum atomic E-state index is -0.564.